The van der Waals surface area contributed by atoms with E-state index in [1.54, 1.807) is 20.0 Å². The molecule has 1 aromatic heterocycles. The van der Waals surface area contributed by atoms with Crippen LogP contribution in [0.15, 0.2) is 11.2 Å². The second-order valence-corrected chi connectivity index (χ2v) is 5.18. The molecule has 19 heavy (non-hydrogen) atoms. The summed E-state index contributed by atoms with van der Waals surface area (Å²) in [6.07, 6.45) is 1.91. The number of rotatable bonds is 6. The maximum absolute atomic E-state index is 11.8. The van der Waals surface area contributed by atoms with Gasteiger partial charge in [-0.15, -0.1) is 0 Å². The number of carbonyl (C=O) groups excluding carboxylic acids is 1. The number of aromatic nitrogens is 2. The standard InChI is InChI=1S/C12H21N5OS/c1-7(2)14-11(18)8(3)15-10-6-9(13-4)16-12(17-10)19-5/h6-8H,1-5H3,(H,14,18)(H2,13,15,16,17). The van der Waals surface area contributed by atoms with Crippen molar-refractivity contribution in [2.24, 2.45) is 0 Å². The van der Waals surface area contributed by atoms with Crippen LogP contribution in [-0.4, -0.2) is 41.3 Å². The summed E-state index contributed by atoms with van der Waals surface area (Å²) < 4.78 is 0. The van der Waals surface area contributed by atoms with Crippen LogP contribution in [0.2, 0.25) is 0 Å². The molecule has 1 unspecified atom stereocenters. The predicted octanol–water partition coefficient (Wildman–Crippen LogP) is 1.57. The molecule has 1 aromatic rings. The van der Waals surface area contributed by atoms with E-state index in [4.69, 9.17) is 0 Å². The lowest BCUT2D eigenvalue weighted by atomic mass is 10.3. The van der Waals surface area contributed by atoms with Crippen molar-refractivity contribution in [3.63, 3.8) is 0 Å². The van der Waals surface area contributed by atoms with Gasteiger partial charge < -0.3 is 16.0 Å². The number of thioether (sulfide) groups is 1. The Morgan fingerprint density at radius 3 is 2.42 bits per heavy atom. The fraction of sp³-hybridized carbons (Fsp3) is 0.583. The Bertz CT molecular complexity index is 416. The van der Waals surface area contributed by atoms with Gasteiger partial charge in [-0.25, -0.2) is 9.97 Å². The third-order valence-electron chi connectivity index (χ3n) is 2.33. The highest BCUT2D eigenvalue weighted by molar-refractivity contribution is 7.98. The van der Waals surface area contributed by atoms with E-state index in [1.807, 2.05) is 20.1 Å². The molecule has 0 aliphatic rings. The molecule has 0 saturated carbocycles. The molecule has 0 bridgehead atoms. The smallest absolute Gasteiger partial charge is 0.242 e. The zero-order valence-electron chi connectivity index (χ0n) is 11.9. The summed E-state index contributed by atoms with van der Waals surface area (Å²) in [5.41, 5.74) is 0. The van der Waals surface area contributed by atoms with Gasteiger partial charge in [0.1, 0.15) is 17.7 Å². The molecule has 0 radical (unpaired) electrons. The molecule has 0 aromatic carbocycles. The van der Waals surface area contributed by atoms with Crippen molar-refractivity contribution in [2.75, 3.05) is 23.9 Å². The lowest BCUT2D eigenvalue weighted by Crippen LogP contribution is -2.41. The van der Waals surface area contributed by atoms with Crippen molar-refractivity contribution in [2.45, 2.75) is 38.0 Å². The molecule has 1 amide bonds. The third-order valence-corrected chi connectivity index (χ3v) is 2.88. The lowest BCUT2D eigenvalue weighted by Gasteiger charge is -2.17. The summed E-state index contributed by atoms with van der Waals surface area (Å²) in [6.45, 7) is 5.66. The third kappa shape index (κ3) is 4.94. The zero-order valence-corrected chi connectivity index (χ0v) is 12.8. The fourth-order valence-electron chi connectivity index (χ4n) is 1.42. The van der Waals surface area contributed by atoms with Crippen LogP contribution in [0.25, 0.3) is 0 Å². The molecule has 7 heteroatoms. The molecule has 1 heterocycles. The predicted molar refractivity (Wildman–Crippen MR) is 79.7 cm³/mol. The molecule has 1 atom stereocenters. The quantitative estimate of drug-likeness (QED) is 0.543. The van der Waals surface area contributed by atoms with Gasteiger partial charge in [-0.05, 0) is 27.0 Å². The Hall–Kier alpha value is -1.50. The Labute approximate surface area is 118 Å². The Balaban J connectivity index is 2.78. The Kier molecular flexibility index (Phi) is 5.88. The van der Waals surface area contributed by atoms with Crippen molar-refractivity contribution in [1.29, 1.82) is 0 Å². The average molecular weight is 283 g/mol. The first-order valence-electron chi connectivity index (χ1n) is 6.14. The fourth-order valence-corrected chi connectivity index (χ4v) is 1.79. The minimum Gasteiger partial charge on any atom is -0.373 e. The number of hydrogen-bond donors (Lipinski definition) is 3. The van der Waals surface area contributed by atoms with Gasteiger partial charge >= 0.3 is 0 Å². The molecule has 0 fully saturated rings. The van der Waals surface area contributed by atoms with E-state index in [0.717, 1.165) is 5.82 Å². The van der Waals surface area contributed by atoms with E-state index >= 15 is 0 Å². The molecular formula is C12H21N5OS. The van der Waals surface area contributed by atoms with E-state index in [0.29, 0.717) is 11.0 Å². The highest BCUT2D eigenvalue weighted by Gasteiger charge is 2.14. The van der Waals surface area contributed by atoms with Gasteiger partial charge in [0.2, 0.25) is 5.91 Å². The molecular weight excluding hydrogens is 262 g/mol. The van der Waals surface area contributed by atoms with Crippen molar-refractivity contribution in [3.05, 3.63) is 6.07 Å². The maximum atomic E-state index is 11.8. The van der Waals surface area contributed by atoms with Crippen LogP contribution in [0.4, 0.5) is 11.6 Å². The molecule has 1 rings (SSSR count). The van der Waals surface area contributed by atoms with Gasteiger partial charge in [-0.3, -0.25) is 4.79 Å². The van der Waals surface area contributed by atoms with Crippen LogP contribution < -0.4 is 16.0 Å². The number of amides is 1. The van der Waals surface area contributed by atoms with Gasteiger partial charge in [0.25, 0.3) is 0 Å². The van der Waals surface area contributed by atoms with E-state index in [-0.39, 0.29) is 18.0 Å². The summed E-state index contributed by atoms with van der Waals surface area (Å²) in [5, 5.41) is 9.56. The molecule has 0 aliphatic carbocycles. The van der Waals surface area contributed by atoms with Crippen molar-refractivity contribution in [1.82, 2.24) is 15.3 Å². The molecule has 0 saturated heterocycles. The van der Waals surface area contributed by atoms with Gasteiger partial charge in [0.15, 0.2) is 5.16 Å². The first kappa shape index (κ1) is 15.6. The SMILES string of the molecule is CNc1cc(NC(C)C(=O)NC(C)C)nc(SC)n1. The topological polar surface area (TPSA) is 78.9 Å². The summed E-state index contributed by atoms with van der Waals surface area (Å²) in [7, 11) is 1.80. The van der Waals surface area contributed by atoms with Crippen LogP contribution in [0.5, 0.6) is 0 Å². The highest BCUT2D eigenvalue weighted by atomic mass is 32.2. The number of nitrogens with one attached hydrogen (secondary N) is 3. The average Bonchev–Trinajstić information content (AvgIpc) is 2.37. The monoisotopic (exact) mass is 283 g/mol. The number of hydrogen-bond acceptors (Lipinski definition) is 6. The maximum Gasteiger partial charge on any atom is 0.242 e. The normalized spacial score (nSPS) is 12.1. The van der Waals surface area contributed by atoms with Gasteiger partial charge in [0.05, 0.1) is 0 Å². The van der Waals surface area contributed by atoms with Gasteiger partial charge in [0, 0.05) is 19.2 Å². The molecule has 3 N–H and O–H groups in total. The molecule has 0 aliphatic heterocycles. The lowest BCUT2D eigenvalue weighted by molar-refractivity contribution is -0.122. The van der Waals surface area contributed by atoms with Crippen LogP contribution in [0, 0.1) is 0 Å². The largest absolute Gasteiger partial charge is 0.373 e. The van der Waals surface area contributed by atoms with E-state index < -0.39 is 0 Å². The molecule has 106 valence electrons. The van der Waals surface area contributed by atoms with E-state index in [1.165, 1.54) is 11.8 Å². The second-order valence-electron chi connectivity index (χ2n) is 4.40. The Morgan fingerprint density at radius 2 is 1.89 bits per heavy atom. The summed E-state index contributed by atoms with van der Waals surface area (Å²) in [6, 6.07) is 1.55. The van der Waals surface area contributed by atoms with E-state index in [9.17, 15) is 4.79 Å². The minimum atomic E-state index is -0.350. The minimum absolute atomic E-state index is 0.0506. The van der Waals surface area contributed by atoms with Crippen molar-refractivity contribution >= 4 is 29.3 Å². The van der Waals surface area contributed by atoms with Crippen LogP contribution in [0.1, 0.15) is 20.8 Å². The number of anilines is 2. The summed E-state index contributed by atoms with van der Waals surface area (Å²) in [4.78, 5) is 20.4. The highest BCUT2D eigenvalue weighted by Crippen LogP contribution is 2.17. The number of nitrogens with zero attached hydrogens (tertiary/aromatic N) is 2. The second kappa shape index (κ2) is 7.18. The van der Waals surface area contributed by atoms with Crippen molar-refractivity contribution < 1.29 is 4.79 Å². The van der Waals surface area contributed by atoms with Crippen molar-refractivity contribution in [3.8, 4) is 0 Å². The molecule has 0 spiro atoms. The number of carbonyl (C=O) groups is 1. The first-order valence-corrected chi connectivity index (χ1v) is 7.36. The van der Waals surface area contributed by atoms with Gasteiger partial charge in [-0.2, -0.15) is 0 Å². The van der Waals surface area contributed by atoms with E-state index in [2.05, 4.69) is 25.9 Å². The van der Waals surface area contributed by atoms with Crippen LogP contribution in [0.3, 0.4) is 0 Å². The summed E-state index contributed by atoms with van der Waals surface area (Å²) in [5.74, 6) is 1.30. The Morgan fingerprint density at radius 1 is 1.26 bits per heavy atom. The zero-order chi connectivity index (χ0) is 14.4. The van der Waals surface area contributed by atoms with Crippen LogP contribution in [-0.2, 0) is 4.79 Å². The first-order chi connectivity index (χ1) is 8.96. The summed E-state index contributed by atoms with van der Waals surface area (Å²) >= 11 is 1.46. The van der Waals surface area contributed by atoms with Gasteiger partial charge in [-0.1, -0.05) is 11.8 Å². The molecule has 6 nitrogen and oxygen atoms in total. The van der Waals surface area contributed by atoms with Crippen LogP contribution >= 0.6 is 11.8 Å².